The standard InChI is InChI=1S/C9H11N3O2/c13-8-7(10-1-2-11-8)12-3-9(4-12)5-14-6-9/h1-2H,3-6H2,(H,11,13). The predicted molar refractivity (Wildman–Crippen MR) is 50.3 cm³/mol. The number of nitrogens with one attached hydrogen (secondary N) is 1. The highest BCUT2D eigenvalue weighted by Gasteiger charge is 2.49. The molecule has 5 heteroatoms. The molecule has 2 aliphatic heterocycles. The molecule has 14 heavy (non-hydrogen) atoms. The van der Waals surface area contributed by atoms with Gasteiger partial charge in [0.1, 0.15) is 0 Å². The fraction of sp³-hybridized carbons (Fsp3) is 0.556. The van der Waals surface area contributed by atoms with Crippen LogP contribution in [0.1, 0.15) is 0 Å². The Morgan fingerprint density at radius 2 is 2.29 bits per heavy atom. The summed E-state index contributed by atoms with van der Waals surface area (Å²) in [5, 5.41) is 0. The highest BCUT2D eigenvalue weighted by molar-refractivity contribution is 5.41. The summed E-state index contributed by atoms with van der Waals surface area (Å²) in [5.41, 5.74) is 0.215. The SMILES string of the molecule is O=c1[nH]ccnc1N1CC2(COC2)C1. The Morgan fingerprint density at radius 3 is 2.86 bits per heavy atom. The van der Waals surface area contributed by atoms with Crippen LogP contribution >= 0.6 is 0 Å². The highest BCUT2D eigenvalue weighted by Crippen LogP contribution is 2.38. The molecule has 0 saturated carbocycles. The van der Waals surface area contributed by atoms with Crippen LogP contribution in [0.3, 0.4) is 0 Å². The molecule has 74 valence electrons. The fourth-order valence-corrected chi connectivity index (χ4v) is 2.06. The molecule has 2 fully saturated rings. The smallest absolute Gasteiger partial charge is 0.290 e. The molecule has 1 aromatic rings. The van der Waals surface area contributed by atoms with E-state index in [4.69, 9.17) is 4.74 Å². The quantitative estimate of drug-likeness (QED) is 0.659. The molecular formula is C9H11N3O2. The minimum atomic E-state index is -0.109. The molecule has 3 heterocycles. The molecule has 0 unspecified atom stereocenters. The molecule has 1 aromatic heterocycles. The summed E-state index contributed by atoms with van der Waals surface area (Å²) in [5.74, 6) is 0.532. The van der Waals surface area contributed by atoms with Crippen molar-refractivity contribution in [2.75, 3.05) is 31.2 Å². The number of hydrogen-bond donors (Lipinski definition) is 1. The summed E-state index contributed by atoms with van der Waals surface area (Å²) < 4.78 is 5.16. The number of ether oxygens (including phenoxy) is 1. The van der Waals surface area contributed by atoms with E-state index in [0.29, 0.717) is 11.2 Å². The molecule has 2 aliphatic rings. The molecule has 3 rings (SSSR count). The Kier molecular flexibility index (Phi) is 1.47. The van der Waals surface area contributed by atoms with E-state index in [1.165, 1.54) is 0 Å². The van der Waals surface area contributed by atoms with Crippen LogP contribution in [0.4, 0.5) is 5.82 Å². The zero-order valence-corrected chi connectivity index (χ0v) is 7.69. The molecule has 0 atom stereocenters. The van der Waals surface area contributed by atoms with Gasteiger partial charge in [-0.15, -0.1) is 0 Å². The van der Waals surface area contributed by atoms with Gasteiger partial charge in [-0.25, -0.2) is 4.98 Å². The van der Waals surface area contributed by atoms with Crippen LogP contribution in [-0.4, -0.2) is 36.3 Å². The molecule has 0 aromatic carbocycles. The monoisotopic (exact) mass is 193 g/mol. The lowest BCUT2D eigenvalue weighted by Gasteiger charge is -2.55. The van der Waals surface area contributed by atoms with Crippen molar-refractivity contribution in [3.05, 3.63) is 22.7 Å². The average molecular weight is 193 g/mol. The van der Waals surface area contributed by atoms with Crippen molar-refractivity contribution in [1.29, 1.82) is 0 Å². The fourth-order valence-electron chi connectivity index (χ4n) is 2.06. The Labute approximate surface area is 80.7 Å². The van der Waals surface area contributed by atoms with Crippen molar-refractivity contribution in [1.82, 2.24) is 9.97 Å². The van der Waals surface area contributed by atoms with Gasteiger partial charge in [-0.05, 0) is 0 Å². The highest BCUT2D eigenvalue weighted by atomic mass is 16.5. The van der Waals surface area contributed by atoms with Gasteiger partial charge >= 0.3 is 0 Å². The predicted octanol–water partition coefficient (Wildman–Crippen LogP) is -0.394. The van der Waals surface area contributed by atoms with Gasteiger partial charge in [0.25, 0.3) is 5.56 Å². The maximum atomic E-state index is 11.4. The molecule has 0 amide bonds. The van der Waals surface area contributed by atoms with Gasteiger partial charge in [-0.2, -0.15) is 0 Å². The van der Waals surface area contributed by atoms with Gasteiger partial charge in [0, 0.05) is 25.5 Å². The first-order valence-electron chi connectivity index (χ1n) is 4.66. The van der Waals surface area contributed by atoms with Crippen LogP contribution < -0.4 is 10.5 Å². The molecular weight excluding hydrogens is 182 g/mol. The number of anilines is 1. The zero-order valence-electron chi connectivity index (χ0n) is 7.69. The molecule has 2 saturated heterocycles. The van der Waals surface area contributed by atoms with Crippen LogP contribution in [0.15, 0.2) is 17.2 Å². The first-order chi connectivity index (χ1) is 6.79. The van der Waals surface area contributed by atoms with E-state index in [1.54, 1.807) is 12.4 Å². The van der Waals surface area contributed by atoms with Crippen molar-refractivity contribution in [3.8, 4) is 0 Å². The average Bonchev–Trinajstić information content (AvgIpc) is 2.03. The van der Waals surface area contributed by atoms with Crippen molar-refractivity contribution in [3.63, 3.8) is 0 Å². The lowest BCUT2D eigenvalue weighted by molar-refractivity contribution is -0.127. The Balaban J connectivity index is 1.80. The first kappa shape index (κ1) is 7.99. The summed E-state index contributed by atoms with van der Waals surface area (Å²) in [6.45, 7) is 3.45. The molecule has 5 nitrogen and oxygen atoms in total. The summed E-state index contributed by atoms with van der Waals surface area (Å²) in [7, 11) is 0. The second-order valence-corrected chi connectivity index (χ2v) is 4.09. The Bertz CT molecular complexity index is 403. The topological polar surface area (TPSA) is 58.2 Å². The van der Waals surface area contributed by atoms with E-state index in [2.05, 4.69) is 9.97 Å². The zero-order chi connectivity index (χ0) is 9.60. The first-order valence-corrected chi connectivity index (χ1v) is 4.66. The van der Waals surface area contributed by atoms with Crippen LogP contribution in [0.5, 0.6) is 0 Å². The lowest BCUT2D eigenvalue weighted by Crippen LogP contribution is -2.67. The number of aromatic amines is 1. The van der Waals surface area contributed by atoms with Gasteiger partial charge in [0.05, 0.1) is 18.6 Å². The minimum absolute atomic E-state index is 0.109. The van der Waals surface area contributed by atoms with Crippen molar-refractivity contribution >= 4 is 5.82 Å². The molecule has 0 radical (unpaired) electrons. The number of aromatic nitrogens is 2. The second kappa shape index (κ2) is 2.57. The van der Waals surface area contributed by atoms with Gasteiger partial charge in [0.2, 0.25) is 0 Å². The molecule has 1 spiro atoms. The second-order valence-electron chi connectivity index (χ2n) is 4.09. The maximum absolute atomic E-state index is 11.4. The van der Waals surface area contributed by atoms with E-state index in [-0.39, 0.29) is 5.56 Å². The Morgan fingerprint density at radius 1 is 1.50 bits per heavy atom. The largest absolute Gasteiger partial charge is 0.380 e. The van der Waals surface area contributed by atoms with E-state index < -0.39 is 0 Å². The summed E-state index contributed by atoms with van der Waals surface area (Å²) in [6, 6.07) is 0. The van der Waals surface area contributed by atoms with Gasteiger partial charge in [-0.1, -0.05) is 0 Å². The molecule has 0 bridgehead atoms. The third kappa shape index (κ3) is 0.988. The number of H-pyrrole nitrogens is 1. The summed E-state index contributed by atoms with van der Waals surface area (Å²) >= 11 is 0. The van der Waals surface area contributed by atoms with E-state index in [0.717, 1.165) is 26.3 Å². The van der Waals surface area contributed by atoms with E-state index in [9.17, 15) is 4.79 Å². The lowest BCUT2D eigenvalue weighted by atomic mass is 9.78. The van der Waals surface area contributed by atoms with Crippen LogP contribution in [0, 0.1) is 5.41 Å². The van der Waals surface area contributed by atoms with Gasteiger partial charge in [0.15, 0.2) is 5.82 Å². The third-order valence-electron chi connectivity index (χ3n) is 2.86. The van der Waals surface area contributed by atoms with Gasteiger partial charge in [-0.3, -0.25) is 4.79 Å². The van der Waals surface area contributed by atoms with E-state index in [1.807, 2.05) is 4.90 Å². The van der Waals surface area contributed by atoms with Crippen molar-refractivity contribution in [2.45, 2.75) is 0 Å². The van der Waals surface area contributed by atoms with Crippen LogP contribution in [0.25, 0.3) is 0 Å². The number of nitrogens with zero attached hydrogens (tertiary/aromatic N) is 2. The van der Waals surface area contributed by atoms with Crippen LogP contribution in [-0.2, 0) is 4.74 Å². The molecule has 0 aliphatic carbocycles. The van der Waals surface area contributed by atoms with Gasteiger partial charge < -0.3 is 14.6 Å². The van der Waals surface area contributed by atoms with Crippen LogP contribution in [0.2, 0.25) is 0 Å². The number of hydrogen-bond acceptors (Lipinski definition) is 4. The van der Waals surface area contributed by atoms with E-state index >= 15 is 0 Å². The summed E-state index contributed by atoms with van der Waals surface area (Å²) in [6.07, 6.45) is 3.16. The normalized spacial score (nSPS) is 23.0. The van der Waals surface area contributed by atoms with Crippen molar-refractivity contribution in [2.24, 2.45) is 5.41 Å². The Hall–Kier alpha value is -1.36. The van der Waals surface area contributed by atoms with Crippen molar-refractivity contribution < 1.29 is 4.74 Å². The molecule has 1 N–H and O–H groups in total. The number of rotatable bonds is 1. The maximum Gasteiger partial charge on any atom is 0.290 e. The third-order valence-corrected chi connectivity index (χ3v) is 2.86. The minimum Gasteiger partial charge on any atom is -0.380 e. The summed E-state index contributed by atoms with van der Waals surface area (Å²) in [4.78, 5) is 20.1.